The number of hydrogen-bond donors (Lipinski definition) is 2. The molecule has 0 aromatic rings. The van der Waals surface area contributed by atoms with E-state index >= 15 is 0 Å². The first-order valence-corrected chi connectivity index (χ1v) is 3.74. The zero-order valence-corrected chi connectivity index (χ0v) is 6.97. The summed E-state index contributed by atoms with van der Waals surface area (Å²) in [6.45, 7) is 5.67. The van der Waals surface area contributed by atoms with Gasteiger partial charge in [-0.15, -0.1) is 9.79 Å². The third-order valence-electron chi connectivity index (χ3n) is 0.408. The normalized spacial score (nSPS) is 6.80. The standard InChI is InChI=1S/C4H10O.HO3P.H2O/c1-3-5-4-2;1-4(2)3;/h3-4H2,1-2H3;(H-,1,2,3);1H2/p+1. The number of ether oxygens (including phenoxy) is 1. The topological polar surface area (TPSA) is 98.3 Å². The molecule has 0 fully saturated rings. The van der Waals surface area contributed by atoms with Crippen molar-refractivity contribution in [2.75, 3.05) is 13.2 Å². The predicted octanol–water partition coefficient (Wildman–Crippen LogP) is -0.154. The van der Waals surface area contributed by atoms with E-state index in [1.807, 2.05) is 13.8 Å². The molecule has 0 saturated heterocycles. The Kier molecular flexibility index (Phi) is 26.3. The summed E-state index contributed by atoms with van der Waals surface area (Å²) < 4.78 is 13.5. The molecule has 0 aromatic heterocycles. The third-order valence-corrected chi connectivity index (χ3v) is 0.408. The van der Waals surface area contributed by atoms with Crippen molar-refractivity contribution in [3.05, 3.63) is 0 Å². The highest BCUT2D eigenvalue weighted by molar-refractivity contribution is 7.30. The van der Waals surface area contributed by atoms with Gasteiger partial charge in [0.2, 0.25) is 0 Å². The predicted molar refractivity (Wildman–Crippen MR) is 37.8 cm³/mol. The average molecular weight is 173 g/mol. The van der Waals surface area contributed by atoms with E-state index in [4.69, 9.17) is 19.1 Å². The van der Waals surface area contributed by atoms with Crippen LogP contribution in [0.4, 0.5) is 0 Å². The van der Waals surface area contributed by atoms with Crippen LogP contribution in [0.1, 0.15) is 13.8 Å². The molecule has 0 atom stereocenters. The van der Waals surface area contributed by atoms with Crippen molar-refractivity contribution in [3.63, 3.8) is 0 Å². The van der Waals surface area contributed by atoms with Crippen LogP contribution in [0, 0.1) is 0 Å². The molecule has 64 valence electrons. The Labute approximate surface area is 60.9 Å². The Morgan fingerprint density at radius 1 is 1.30 bits per heavy atom. The molecule has 0 heterocycles. The Balaban J connectivity index is -0.0000000910. The molecule has 0 aliphatic heterocycles. The second kappa shape index (κ2) is 16.0. The summed E-state index contributed by atoms with van der Waals surface area (Å²) in [5.74, 6) is 0. The van der Waals surface area contributed by atoms with Crippen LogP contribution in [0.25, 0.3) is 0 Å². The van der Waals surface area contributed by atoms with Crippen molar-refractivity contribution in [2.45, 2.75) is 13.8 Å². The second-order valence-corrected chi connectivity index (χ2v) is 1.54. The highest BCUT2D eigenvalue weighted by Crippen LogP contribution is 1.98. The second-order valence-electron chi connectivity index (χ2n) is 1.03. The SMILES string of the molecule is CCOCC.O.O=[P+](O)O. The van der Waals surface area contributed by atoms with Gasteiger partial charge in [-0.1, -0.05) is 0 Å². The maximum atomic E-state index is 8.70. The molecular weight excluding hydrogens is 159 g/mol. The molecule has 0 aromatic carbocycles. The minimum absolute atomic E-state index is 0. The average Bonchev–Trinajstić information content (AvgIpc) is 1.66. The van der Waals surface area contributed by atoms with Crippen molar-refractivity contribution in [1.29, 1.82) is 0 Å². The lowest BCUT2D eigenvalue weighted by Crippen LogP contribution is -1.84. The number of rotatable bonds is 2. The molecule has 0 spiro atoms. The summed E-state index contributed by atoms with van der Waals surface area (Å²) in [7, 11) is -2.87. The van der Waals surface area contributed by atoms with Gasteiger partial charge in [0.1, 0.15) is 0 Å². The molecule has 6 heteroatoms. The van der Waals surface area contributed by atoms with Crippen molar-refractivity contribution < 1.29 is 24.6 Å². The lowest BCUT2D eigenvalue weighted by Gasteiger charge is -1.86. The molecule has 0 aliphatic rings. The van der Waals surface area contributed by atoms with Crippen LogP contribution in [0.2, 0.25) is 0 Å². The summed E-state index contributed by atoms with van der Waals surface area (Å²) >= 11 is 0. The van der Waals surface area contributed by atoms with Gasteiger partial charge in [0.05, 0.1) is 0 Å². The first-order valence-electron chi connectivity index (χ1n) is 2.57. The van der Waals surface area contributed by atoms with Gasteiger partial charge in [0.15, 0.2) is 0 Å². The smallest absolute Gasteiger partial charge is 0.412 e. The zero-order chi connectivity index (χ0) is 7.70. The van der Waals surface area contributed by atoms with Gasteiger partial charge in [-0.05, 0) is 13.8 Å². The van der Waals surface area contributed by atoms with E-state index in [2.05, 4.69) is 0 Å². The van der Waals surface area contributed by atoms with Crippen molar-refractivity contribution in [1.82, 2.24) is 0 Å². The van der Waals surface area contributed by atoms with Crippen LogP contribution in [0.3, 0.4) is 0 Å². The Morgan fingerprint density at radius 3 is 1.50 bits per heavy atom. The third kappa shape index (κ3) is 102. The molecule has 5 nitrogen and oxygen atoms in total. The molecule has 0 aliphatic carbocycles. The van der Waals surface area contributed by atoms with Crippen molar-refractivity contribution in [2.24, 2.45) is 0 Å². The summed E-state index contributed by atoms with van der Waals surface area (Å²) in [5, 5.41) is 0. The fourth-order valence-electron chi connectivity index (χ4n) is 0.204. The maximum absolute atomic E-state index is 8.70. The Bertz CT molecular complexity index is 60.7. The van der Waals surface area contributed by atoms with E-state index in [-0.39, 0.29) is 5.48 Å². The van der Waals surface area contributed by atoms with Crippen LogP contribution in [-0.2, 0) is 9.30 Å². The van der Waals surface area contributed by atoms with E-state index in [1.165, 1.54) is 0 Å². The molecule has 0 amide bonds. The molecule has 0 saturated carbocycles. The minimum atomic E-state index is -2.87. The van der Waals surface area contributed by atoms with Gasteiger partial charge < -0.3 is 10.2 Å². The van der Waals surface area contributed by atoms with Crippen LogP contribution >= 0.6 is 8.25 Å². The molecule has 0 bridgehead atoms. The molecular formula is C4H14O5P+. The Hall–Kier alpha value is -0.0600. The molecule has 4 N–H and O–H groups in total. The van der Waals surface area contributed by atoms with Gasteiger partial charge in [-0.2, -0.15) is 0 Å². The lowest BCUT2D eigenvalue weighted by molar-refractivity contribution is 0.162. The van der Waals surface area contributed by atoms with Gasteiger partial charge in [0, 0.05) is 17.8 Å². The number of hydrogen-bond acceptors (Lipinski definition) is 2. The van der Waals surface area contributed by atoms with Crippen LogP contribution in [-0.4, -0.2) is 28.5 Å². The molecule has 0 radical (unpaired) electrons. The maximum Gasteiger partial charge on any atom is 0.692 e. The van der Waals surface area contributed by atoms with E-state index in [0.717, 1.165) is 13.2 Å². The first-order chi connectivity index (χ1) is 4.15. The summed E-state index contributed by atoms with van der Waals surface area (Å²) in [5.41, 5.74) is 0. The van der Waals surface area contributed by atoms with Crippen molar-refractivity contribution >= 4 is 8.25 Å². The Morgan fingerprint density at radius 2 is 1.50 bits per heavy atom. The van der Waals surface area contributed by atoms with E-state index in [9.17, 15) is 0 Å². The van der Waals surface area contributed by atoms with Gasteiger partial charge in [-0.3, -0.25) is 0 Å². The van der Waals surface area contributed by atoms with Crippen LogP contribution < -0.4 is 0 Å². The van der Waals surface area contributed by atoms with E-state index in [1.54, 1.807) is 0 Å². The largest absolute Gasteiger partial charge is 0.692 e. The monoisotopic (exact) mass is 173 g/mol. The first kappa shape index (κ1) is 16.5. The summed E-state index contributed by atoms with van der Waals surface area (Å²) in [4.78, 5) is 14.2. The molecule has 10 heavy (non-hydrogen) atoms. The van der Waals surface area contributed by atoms with Gasteiger partial charge in [0.25, 0.3) is 0 Å². The van der Waals surface area contributed by atoms with Crippen LogP contribution in [0.15, 0.2) is 0 Å². The zero-order valence-electron chi connectivity index (χ0n) is 6.07. The quantitative estimate of drug-likeness (QED) is 0.567. The van der Waals surface area contributed by atoms with E-state index < -0.39 is 8.25 Å². The fourth-order valence-corrected chi connectivity index (χ4v) is 0.204. The summed E-state index contributed by atoms with van der Waals surface area (Å²) in [6, 6.07) is 0. The highest BCUT2D eigenvalue weighted by atomic mass is 31.1. The lowest BCUT2D eigenvalue weighted by atomic mass is 10.8. The summed E-state index contributed by atoms with van der Waals surface area (Å²) in [6.07, 6.45) is 0. The van der Waals surface area contributed by atoms with Gasteiger partial charge >= 0.3 is 8.25 Å². The molecule has 0 unspecified atom stereocenters. The molecule has 0 rings (SSSR count). The van der Waals surface area contributed by atoms with Crippen LogP contribution in [0.5, 0.6) is 0 Å². The minimum Gasteiger partial charge on any atom is -0.412 e. The fraction of sp³-hybridized carbons (Fsp3) is 1.00. The highest BCUT2D eigenvalue weighted by Gasteiger charge is 1.93. The van der Waals surface area contributed by atoms with Crippen molar-refractivity contribution in [3.8, 4) is 0 Å². The van der Waals surface area contributed by atoms with E-state index in [0.29, 0.717) is 0 Å². The van der Waals surface area contributed by atoms with Gasteiger partial charge in [-0.25, -0.2) is 0 Å².